The molecule has 0 spiro atoms. The maximum atomic E-state index is 2.24. The molecule has 0 amide bonds. The zero-order chi connectivity index (χ0) is 9.38. The van der Waals surface area contributed by atoms with Gasteiger partial charge in [0, 0.05) is 48.9 Å². The van der Waals surface area contributed by atoms with E-state index >= 15 is 0 Å². The van der Waals surface area contributed by atoms with Crippen molar-refractivity contribution in [3.05, 3.63) is 60.7 Å². The van der Waals surface area contributed by atoms with Crippen LogP contribution < -0.4 is 0 Å². The minimum Gasteiger partial charge on any atom is -0.0616 e. The average Bonchev–Trinajstić information content (AvgIpc) is 2.26. The predicted octanol–water partition coefficient (Wildman–Crippen LogP) is 3.61. The number of hydrogen-bond acceptors (Lipinski definition) is 0. The first-order valence-corrected chi connectivity index (χ1v) is 4.81. The van der Waals surface area contributed by atoms with Crippen molar-refractivity contribution < 1.29 is 0 Å². The Bertz CT molecular complexity index is 494. The van der Waals surface area contributed by atoms with Gasteiger partial charge in [-0.15, -0.1) is 0 Å². The molecule has 0 unspecified atom stereocenters. The van der Waals surface area contributed by atoms with Crippen LogP contribution in [0.15, 0.2) is 60.7 Å². The van der Waals surface area contributed by atoms with Crippen LogP contribution in [0, 0.1) is 0 Å². The van der Waals surface area contributed by atoms with Crippen molar-refractivity contribution in [1.82, 2.24) is 0 Å². The maximum Gasteiger partial charge on any atom is 0 e. The summed E-state index contributed by atoms with van der Waals surface area (Å²) in [5, 5.41) is 5.25. The van der Waals surface area contributed by atoms with E-state index in [0.717, 1.165) is 0 Å². The summed E-state index contributed by atoms with van der Waals surface area (Å²) in [5.41, 5.74) is 0. The molecule has 0 nitrogen and oxygen atoms in total. The van der Waals surface area contributed by atoms with E-state index in [1.54, 1.807) is 0 Å². The van der Waals surface area contributed by atoms with E-state index in [4.69, 9.17) is 0 Å². The summed E-state index contributed by atoms with van der Waals surface area (Å²) in [6.45, 7) is 0. The molecule has 68 valence electrons. The Kier molecular flexibility index (Phi) is 3.54. The molecule has 2 radical (unpaired) electrons. The molecule has 0 N–H and O–H groups in total. The predicted molar refractivity (Wildman–Crippen MR) is 67.2 cm³/mol. The van der Waals surface area contributed by atoms with Crippen molar-refractivity contribution in [2.24, 2.45) is 0 Å². The SMILES string of the molecule is [Ba].c1ccc2cc3ccccc3cc2c1. The molecule has 0 aliphatic rings. The number of hydrogen-bond donors (Lipinski definition) is 0. The quantitative estimate of drug-likeness (QED) is 0.439. The van der Waals surface area contributed by atoms with Gasteiger partial charge >= 0.3 is 0 Å². The number of benzene rings is 3. The molecular formula is C14H10Ba. The molecule has 0 atom stereocenters. The molecule has 1 heteroatoms. The van der Waals surface area contributed by atoms with Crippen molar-refractivity contribution in [3.8, 4) is 0 Å². The fraction of sp³-hybridized carbons (Fsp3) is 0. The molecule has 0 aliphatic heterocycles. The first kappa shape index (κ1) is 11.2. The van der Waals surface area contributed by atoms with Gasteiger partial charge in [0.25, 0.3) is 0 Å². The van der Waals surface area contributed by atoms with Gasteiger partial charge in [0.2, 0.25) is 0 Å². The summed E-state index contributed by atoms with van der Waals surface area (Å²) in [7, 11) is 0. The van der Waals surface area contributed by atoms with Crippen LogP contribution in [0.25, 0.3) is 21.5 Å². The topological polar surface area (TPSA) is 0 Å². The Morgan fingerprint density at radius 3 is 1.00 bits per heavy atom. The van der Waals surface area contributed by atoms with E-state index < -0.39 is 0 Å². The number of rotatable bonds is 0. The summed E-state index contributed by atoms with van der Waals surface area (Å²) in [6.07, 6.45) is 0. The van der Waals surface area contributed by atoms with Gasteiger partial charge in [-0.1, -0.05) is 48.5 Å². The zero-order valence-electron chi connectivity index (χ0n) is 8.48. The number of fused-ring (bicyclic) bond motifs is 2. The van der Waals surface area contributed by atoms with E-state index in [2.05, 4.69) is 60.7 Å². The largest absolute Gasteiger partial charge is 0.0616 e. The molecule has 3 aromatic carbocycles. The molecule has 0 bridgehead atoms. The van der Waals surface area contributed by atoms with Gasteiger partial charge in [0.1, 0.15) is 0 Å². The average molecular weight is 316 g/mol. The monoisotopic (exact) mass is 316 g/mol. The summed E-state index contributed by atoms with van der Waals surface area (Å²) in [6, 6.07) is 21.4. The van der Waals surface area contributed by atoms with Crippen molar-refractivity contribution >= 4 is 70.4 Å². The third kappa shape index (κ3) is 2.15. The standard InChI is InChI=1S/C14H10.Ba/c1-2-6-12-10-14-8-4-3-7-13(14)9-11(12)5-1;/h1-10H;. The van der Waals surface area contributed by atoms with E-state index in [9.17, 15) is 0 Å². The summed E-state index contributed by atoms with van der Waals surface area (Å²) in [4.78, 5) is 0. The Morgan fingerprint density at radius 2 is 0.733 bits per heavy atom. The molecule has 3 rings (SSSR count). The van der Waals surface area contributed by atoms with E-state index in [-0.39, 0.29) is 48.9 Å². The summed E-state index contributed by atoms with van der Waals surface area (Å²) < 4.78 is 0. The fourth-order valence-electron chi connectivity index (χ4n) is 1.88. The van der Waals surface area contributed by atoms with E-state index in [1.807, 2.05) is 0 Å². The van der Waals surface area contributed by atoms with Crippen LogP contribution in [-0.4, -0.2) is 48.9 Å². The second-order valence-electron chi connectivity index (χ2n) is 3.55. The molecule has 0 heterocycles. The van der Waals surface area contributed by atoms with Crippen molar-refractivity contribution in [2.75, 3.05) is 0 Å². The molecule has 0 aromatic heterocycles. The smallest absolute Gasteiger partial charge is 0 e. The van der Waals surface area contributed by atoms with Gasteiger partial charge in [0.05, 0.1) is 0 Å². The Morgan fingerprint density at radius 1 is 0.467 bits per heavy atom. The third-order valence-electron chi connectivity index (χ3n) is 2.61. The first-order valence-electron chi connectivity index (χ1n) is 4.81. The van der Waals surface area contributed by atoms with Gasteiger partial charge in [0.15, 0.2) is 0 Å². The molecule has 0 fully saturated rings. The van der Waals surface area contributed by atoms with Crippen LogP contribution in [0.4, 0.5) is 0 Å². The summed E-state index contributed by atoms with van der Waals surface area (Å²) >= 11 is 0. The first-order chi connectivity index (χ1) is 6.93. The molecule has 0 saturated heterocycles. The van der Waals surface area contributed by atoms with Crippen LogP contribution in [0.3, 0.4) is 0 Å². The minimum absolute atomic E-state index is 0. The molecule has 0 saturated carbocycles. The van der Waals surface area contributed by atoms with Crippen LogP contribution >= 0.6 is 0 Å². The second kappa shape index (κ2) is 4.73. The van der Waals surface area contributed by atoms with Crippen molar-refractivity contribution in [3.63, 3.8) is 0 Å². The Hall–Kier alpha value is -0.249. The van der Waals surface area contributed by atoms with E-state index in [0.29, 0.717) is 0 Å². The maximum absolute atomic E-state index is 2.24. The van der Waals surface area contributed by atoms with Crippen LogP contribution in [0.5, 0.6) is 0 Å². The minimum atomic E-state index is 0. The summed E-state index contributed by atoms with van der Waals surface area (Å²) in [5.74, 6) is 0. The Balaban J connectivity index is 0.000000853. The van der Waals surface area contributed by atoms with Crippen molar-refractivity contribution in [1.29, 1.82) is 0 Å². The second-order valence-corrected chi connectivity index (χ2v) is 3.55. The van der Waals surface area contributed by atoms with Gasteiger partial charge in [-0.05, 0) is 33.7 Å². The van der Waals surface area contributed by atoms with Crippen LogP contribution in [-0.2, 0) is 0 Å². The normalized spacial score (nSPS) is 10.1. The molecule has 0 aliphatic carbocycles. The van der Waals surface area contributed by atoms with Gasteiger partial charge in [-0.2, -0.15) is 0 Å². The zero-order valence-corrected chi connectivity index (χ0v) is 12.9. The van der Waals surface area contributed by atoms with Crippen LogP contribution in [0.1, 0.15) is 0 Å². The Labute approximate surface area is 129 Å². The van der Waals surface area contributed by atoms with Gasteiger partial charge in [-0.25, -0.2) is 0 Å². The molecule has 15 heavy (non-hydrogen) atoms. The van der Waals surface area contributed by atoms with E-state index in [1.165, 1.54) is 21.5 Å². The van der Waals surface area contributed by atoms with Gasteiger partial charge in [-0.3, -0.25) is 0 Å². The molecular weight excluding hydrogens is 305 g/mol. The van der Waals surface area contributed by atoms with Gasteiger partial charge < -0.3 is 0 Å². The fourth-order valence-corrected chi connectivity index (χ4v) is 1.88. The third-order valence-corrected chi connectivity index (χ3v) is 2.61. The van der Waals surface area contributed by atoms with Crippen LogP contribution in [0.2, 0.25) is 0 Å². The molecule has 3 aromatic rings. The van der Waals surface area contributed by atoms with Crippen molar-refractivity contribution in [2.45, 2.75) is 0 Å².